The monoisotopic (exact) mass is 359 g/mol. The highest BCUT2D eigenvalue weighted by Crippen LogP contribution is 2.34. The van der Waals surface area contributed by atoms with Crippen molar-refractivity contribution in [1.29, 1.82) is 0 Å². The Kier molecular flexibility index (Phi) is 5.11. The Morgan fingerprint density at radius 1 is 1.05 bits per heavy atom. The van der Waals surface area contributed by atoms with E-state index in [0.717, 1.165) is 16.5 Å². The molecule has 0 unspecified atom stereocenters. The van der Waals surface area contributed by atoms with Crippen molar-refractivity contribution in [2.24, 2.45) is 5.73 Å². The van der Waals surface area contributed by atoms with Crippen LogP contribution in [0, 0.1) is 0 Å². The molecule has 2 N–H and O–H groups in total. The van der Waals surface area contributed by atoms with Gasteiger partial charge in [-0.25, -0.2) is 0 Å². The number of benzene rings is 2. The van der Waals surface area contributed by atoms with Gasteiger partial charge in [0.15, 0.2) is 0 Å². The van der Waals surface area contributed by atoms with Gasteiger partial charge in [-0.15, -0.1) is 0 Å². The quantitative estimate of drug-likeness (QED) is 0.827. The largest absolute Gasteiger partial charge is 0.455 e. The summed E-state index contributed by atoms with van der Waals surface area (Å²) >= 11 is 15.5. The second-order valence-corrected chi connectivity index (χ2v) is 5.73. The average molecular weight is 361 g/mol. The third-order valence-corrected chi connectivity index (χ3v) is 3.58. The zero-order valence-electron chi connectivity index (χ0n) is 10.00. The fraction of sp³-hybridized carbons (Fsp3) is 0.143. The molecule has 0 atom stereocenters. The minimum Gasteiger partial charge on any atom is -0.455 e. The fourth-order valence-corrected chi connectivity index (χ4v) is 2.54. The zero-order chi connectivity index (χ0) is 13.8. The molecule has 2 nitrogen and oxygen atoms in total. The summed E-state index contributed by atoms with van der Waals surface area (Å²) in [6.45, 7) is 0.548. The summed E-state index contributed by atoms with van der Waals surface area (Å²) in [5, 5.41) is 1.15. The lowest BCUT2D eigenvalue weighted by Crippen LogP contribution is -2.04. The Morgan fingerprint density at radius 3 is 2.53 bits per heavy atom. The molecule has 0 bridgehead atoms. The van der Waals surface area contributed by atoms with Crippen LogP contribution in [0.1, 0.15) is 5.56 Å². The van der Waals surface area contributed by atoms with Gasteiger partial charge in [-0.05, 0) is 48.9 Å². The van der Waals surface area contributed by atoms with Crippen molar-refractivity contribution in [3.05, 3.63) is 56.5 Å². The molecular weight excluding hydrogens is 349 g/mol. The second-order valence-electron chi connectivity index (χ2n) is 3.97. The van der Waals surface area contributed by atoms with Crippen LogP contribution in [0.2, 0.25) is 10.0 Å². The number of ether oxygens (including phenoxy) is 1. The molecule has 0 heterocycles. The topological polar surface area (TPSA) is 35.2 Å². The summed E-state index contributed by atoms with van der Waals surface area (Å²) in [6.07, 6.45) is 0.723. The lowest BCUT2D eigenvalue weighted by molar-refractivity contribution is 0.476. The summed E-state index contributed by atoms with van der Waals surface area (Å²) in [7, 11) is 0. The molecule has 2 aromatic rings. The van der Waals surface area contributed by atoms with Gasteiger partial charge in [0.2, 0.25) is 0 Å². The summed E-state index contributed by atoms with van der Waals surface area (Å²) in [5.74, 6) is 1.27. The van der Waals surface area contributed by atoms with Crippen molar-refractivity contribution in [3.63, 3.8) is 0 Å². The highest BCUT2D eigenvalue weighted by molar-refractivity contribution is 9.10. The van der Waals surface area contributed by atoms with Crippen molar-refractivity contribution in [1.82, 2.24) is 0 Å². The van der Waals surface area contributed by atoms with Gasteiger partial charge in [0, 0.05) is 9.50 Å². The van der Waals surface area contributed by atoms with Crippen molar-refractivity contribution in [2.45, 2.75) is 6.42 Å². The molecule has 0 amide bonds. The van der Waals surface area contributed by atoms with Gasteiger partial charge in [0.05, 0.1) is 5.02 Å². The van der Waals surface area contributed by atoms with Crippen molar-refractivity contribution in [3.8, 4) is 11.5 Å². The molecular formula is C14H12BrCl2NO. The summed E-state index contributed by atoms with van der Waals surface area (Å²) in [4.78, 5) is 0. The third kappa shape index (κ3) is 3.86. The maximum Gasteiger partial charge on any atom is 0.146 e. The zero-order valence-corrected chi connectivity index (χ0v) is 13.1. The Hall–Kier alpha value is -0.740. The van der Waals surface area contributed by atoms with Crippen LogP contribution >= 0.6 is 39.1 Å². The molecule has 0 aromatic heterocycles. The fourth-order valence-electron chi connectivity index (χ4n) is 1.66. The summed E-state index contributed by atoms with van der Waals surface area (Å²) in [6, 6.07) is 11.0. The van der Waals surface area contributed by atoms with Crippen LogP contribution in [-0.2, 0) is 6.42 Å². The van der Waals surface area contributed by atoms with E-state index in [9.17, 15) is 0 Å². The lowest BCUT2D eigenvalue weighted by atomic mass is 10.1. The minimum atomic E-state index is 0.535. The molecule has 0 saturated carbocycles. The predicted molar refractivity (Wildman–Crippen MR) is 83.4 cm³/mol. The van der Waals surface area contributed by atoms with E-state index in [2.05, 4.69) is 15.9 Å². The second kappa shape index (κ2) is 6.62. The summed E-state index contributed by atoms with van der Waals surface area (Å²) < 4.78 is 6.74. The molecule has 0 radical (unpaired) electrons. The van der Waals surface area contributed by atoms with E-state index in [-0.39, 0.29) is 0 Å². The molecule has 0 saturated heterocycles. The lowest BCUT2D eigenvalue weighted by Gasteiger charge is -2.12. The Bertz CT molecular complexity index is 590. The minimum absolute atomic E-state index is 0.535. The van der Waals surface area contributed by atoms with E-state index in [1.165, 1.54) is 0 Å². The van der Waals surface area contributed by atoms with Crippen LogP contribution in [0.4, 0.5) is 0 Å². The molecule has 0 spiro atoms. The third-order valence-electron chi connectivity index (χ3n) is 2.56. The van der Waals surface area contributed by atoms with Crippen molar-refractivity contribution < 1.29 is 4.74 Å². The van der Waals surface area contributed by atoms with Gasteiger partial charge in [0.25, 0.3) is 0 Å². The molecule has 19 heavy (non-hydrogen) atoms. The van der Waals surface area contributed by atoms with E-state index in [1.807, 2.05) is 18.2 Å². The first-order chi connectivity index (χ1) is 9.10. The van der Waals surface area contributed by atoms with Crippen LogP contribution in [0.3, 0.4) is 0 Å². The number of rotatable bonds is 4. The van der Waals surface area contributed by atoms with Crippen LogP contribution in [0.15, 0.2) is 40.9 Å². The first-order valence-electron chi connectivity index (χ1n) is 5.71. The Balaban J connectivity index is 2.33. The number of hydrogen-bond donors (Lipinski definition) is 1. The van der Waals surface area contributed by atoms with Gasteiger partial charge in [-0.2, -0.15) is 0 Å². The first-order valence-corrected chi connectivity index (χ1v) is 7.26. The molecule has 2 aromatic carbocycles. The van der Waals surface area contributed by atoms with Gasteiger partial charge in [-0.1, -0.05) is 45.2 Å². The van der Waals surface area contributed by atoms with E-state index in [4.69, 9.17) is 33.7 Å². The average Bonchev–Trinajstić information content (AvgIpc) is 2.36. The molecule has 0 aliphatic carbocycles. The standard InChI is InChI=1S/C14H12BrCl2NO/c15-10-2-4-13(12(17)7-10)19-14-8-11(16)3-1-9(14)5-6-18/h1-4,7-8H,5-6,18H2. The molecule has 2 rings (SSSR count). The van der Waals surface area contributed by atoms with E-state index < -0.39 is 0 Å². The van der Waals surface area contributed by atoms with Gasteiger partial charge < -0.3 is 10.5 Å². The van der Waals surface area contributed by atoms with Crippen molar-refractivity contribution >= 4 is 39.1 Å². The maximum atomic E-state index is 6.14. The van der Waals surface area contributed by atoms with Crippen molar-refractivity contribution in [2.75, 3.05) is 6.54 Å². The van der Waals surface area contributed by atoms with Crippen LogP contribution in [0.5, 0.6) is 11.5 Å². The van der Waals surface area contributed by atoms with E-state index >= 15 is 0 Å². The maximum absolute atomic E-state index is 6.14. The number of hydrogen-bond acceptors (Lipinski definition) is 2. The van der Waals surface area contributed by atoms with E-state index in [0.29, 0.717) is 28.1 Å². The summed E-state index contributed by atoms with van der Waals surface area (Å²) in [5.41, 5.74) is 6.60. The highest BCUT2D eigenvalue weighted by atomic mass is 79.9. The predicted octanol–water partition coefficient (Wildman–Crippen LogP) is 5.05. The van der Waals surface area contributed by atoms with Gasteiger partial charge in [0.1, 0.15) is 11.5 Å². The van der Waals surface area contributed by atoms with E-state index in [1.54, 1.807) is 18.2 Å². The Labute approximate surface area is 130 Å². The smallest absolute Gasteiger partial charge is 0.146 e. The van der Waals surface area contributed by atoms with Gasteiger partial charge in [-0.3, -0.25) is 0 Å². The number of halogens is 3. The van der Waals surface area contributed by atoms with Crippen LogP contribution < -0.4 is 10.5 Å². The van der Waals surface area contributed by atoms with Crippen LogP contribution in [0.25, 0.3) is 0 Å². The SMILES string of the molecule is NCCc1ccc(Cl)cc1Oc1ccc(Br)cc1Cl. The molecule has 0 aliphatic rings. The molecule has 0 fully saturated rings. The number of nitrogens with two attached hydrogens (primary N) is 1. The molecule has 100 valence electrons. The Morgan fingerprint density at radius 2 is 1.84 bits per heavy atom. The molecule has 5 heteroatoms. The first kappa shape index (κ1) is 14.7. The van der Waals surface area contributed by atoms with Crippen LogP contribution in [-0.4, -0.2) is 6.54 Å². The van der Waals surface area contributed by atoms with Gasteiger partial charge >= 0.3 is 0 Å². The highest BCUT2D eigenvalue weighted by Gasteiger charge is 2.08. The molecule has 0 aliphatic heterocycles. The normalized spacial score (nSPS) is 10.5.